The fourth-order valence-electron chi connectivity index (χ4n) is 4.42. The van der Waals surface area contributed by atoms with E-state index >= 15 is 0 Å². The Labute approximate surface area is 243 Å². The normalized spacial score (nSPS) is 13.0. The van der Waals surface area contributed by atoms with Gasteiger partial charge >= 0.3 is 18.7 Å². The van der Waals surface area contributed by atoms with E-state index in [9.17, 15) is 49.0 Å². The van der Waals surface area contributed by atoms with Gasteiger partial charge in [-0.3, -0.25) is 0 Å². The predicted molar refractivity (Wildman–Crippen MR) is 138 cm³/mol. The van der Waals surface area contributed by atoms with Gasteiger partial charge in [0.05, 0.1) is 23.8 Å². The van der Waals surface area contributed by atoms with E-state index in [1.165, 1.54) is 42.5 Å². The first-order valence-electron chi connectivity index (χ1n) is 12.6. The van der Waals surface area contributed by atoms with E-state index in [0.29, 0.717) is 6.07 Å². The summed E-state index contributed by atoms with van der Waals surface area (Å²) in [4.78, 5) is 1.15. The summed E-state index contributed by atoms with van der Waals surface area (Å²) in [7, 11) is 0. The third kappa shape index (κ3) is 8.13. The molecule has 0 aliphatic rings. The zero-order valence-corrected chi connectivity index (χ0v) is 22.1. The van der Waals surface area contributed by atoms with Crippen molar-refractivity contribution in [2.45, 2.75) is 31.3 Å². The number of nitrogens with zero attached hydrogens (tertiary/aromatic N) is 1. The lowest BCUT2D eigenvalue weighted by atomic mass is 9.97. The predicted octanol–water partition coefficient (Wildman–Crippen LogP) is 9.29. The van der Waals surface area contributed by atoms with Gasteiger partial charge in [0, 0.05) is 29.9 Å². The second kappa shape index (κ2) is 12.6. The molecule has 0 spiro atoms. The van der Waals surface area contributed by atoms with Crippen molar-refractivity contribution < 1.29 is 58.5 Å². The van der Waals surface area contributed by atoms with E-state index in [0.717, 1.165) is 41.3 Å². The summed E-state index contributed by atoms with van der Waals surface area (Å²) in [5.74, 6) is -2.01. The maximum absolute atomic E-state index is 14.9. The molecule has 0 saturated carbocycles. The highest BCUT2D eigenvalue weighted by Crippen LogP contribution is 2.40. The zero-order chi connectivity index (χ0) is 32.3. The molecule has 44 heavy (non-hydrogen) atoms. The molecule has 1 N–H and O–H groups in total. The van der Waals surface area contributed by atoms with Gasteiger partial charge in [-0.2, -0.15) is 26.3 Å². The van der Waals surface area contributed by atoms with Crippen LogP contribution in [0.3, 0.4) is 0 Å². The highest BCUT2D eigenvalue weighted by Gasteiger charge is 2.37. The topological polar surface area (TPSA) is 41.9 Å². The summed E-state index contributed by atoms with van der Waals surface area (Å²) < 4.78 is 144. The van der Waals surface area contributed by atoms with Crippen LogP contribution >= 0.6 is 0 Å². The monoisotopic (exact) mass is 633 g/mol. The van der Waals surface area contributed by atoms with Crippen LogP contribution in [0.25, 0.3) is 0 Å². The zero-order valence-electron chi connectivity index (χ0n) is 22.1. The Hall–Kier alpha value is -4.46. The Morgan fingerprint density at radius 3 is 1.93 bits per heavy atom. The molecule has 4 rings (SSSR count). The van der Waals surface area contributed by atoms with Crippen molar-refractivity contribution in [2.75, 3.05) is 11.5 Å². The molecule has 1 atom stereocenters. The van der Waals surface area contributed by atoms with Gasteiger partial charge in [0.25, 0.3) is 0 Å². The lowest BCUT2D eigenvalue weighted by Crippen LogP contribution is -2.32. The summed E-state index contributed by atoms with van der Waals surface area (Å²) in [5.41, 5.74) is -3.08. The maximum Gasteiger partial charge on any atom is 0.573 e. The van der Waals surface area contributed by atoms with E-state index in [1.54, 1.807) is 0 Å². The number of anilines is 1. The molecule has 0 amide bonds. The van der Waals surface area contributed by atoms with Gasteiger partial charge in [-0.15, -0.1) is 13.2 Å². The Bertz CT molecular complexity index is 1580. The molecule has 4 aromatic carbocycles. The SMILES string of the molecule is OCC(c1ccccc1C(F)(F)F)N(Cc1ccc(C(F)(F)F)cc1F)c1cccc(Oc2cccc(OC(F)(F)F)c2)c1. The van der Waals surface area contributed by atoms with E-state index in [1.807, 2.05) is 0 Å². The fraction of sp³-hybridized carbons (Fsp3) is 0.200. The van der Waals surface area contributed by atoms with Crippen LogP contribution in [0.1, 0.15) is 28.3 Å². The largest absolute Gasteiger partial charge is 0.573 e. The van der Waals surface area contributed by atoms with Crippen molar-refractivity contribution in [3.8, 4) is 17.2 Å². The first-order valence-corrected chi connectivity index (χ1v) is 12.6. The molecule has 0 radical (unpaired) electrons. The number of rotatable bonds is 9. The number of halogens is 10. The van der Waals surface area contributed by atoms with E-state index < -0.39 is 66.2 Å². The van der Waals surface area contributed by atoms with Crippen LogP contribution in [0.4, 0.5) is 49.6 Å². The number of ether oxygens (including phenoxy) is 2. The molecule has 4 aromatic rings. The number of hydrogen-bond donors (Lipinski definition) is 1. The number of alkyl halides is 9. The minimum Gasteiger partial charge on any atom is -0.457 e. The molecular weight excluding hydrogens is 612 g/mol. The van der Waals surface area contributed by atoms with Crippen molar-refractivity contribution in [2.24, 2.45) is 0 Å². The summed E-state index contributed by atoms with van der Waals surface area (Å²) in [5, 5.41) is 10.3. The minimum absolute atomic E-state index is 0.0228. The van der Waals surface area contributed by atoms with Crippen LogP contribution in [0.5, 0.6) is 17.2 Å². The molecule has 0 fully saturated rings. The van der Waals surface area contributed by atoms with Crippen LogP contribution in [0, 0.1) is 5.82 Å². The minimum atomic E-state index is -4.97. The second-order valence-electron chi connectivity index (χ2n) is 9.34. The molecule has 0 aromatic heterocycles. The molecule has 0 heterocycles. The van der Waals surface area contributed by atoms with Crippen molar-refractivity contribution >= 4 is 5.69 Å². The van der Waals surface area contributed by atoms with E-state index in [-0.39, 0.29) is 28.8 Å². The molecule has 14 heteroatoms. The van der Waals surface area contributed by atoms with Gasteiger partial charge in [-0.25, -0.2) is 4.39 Å². The molecular formula is C30H21F10NO3. The van der Waals surface area contributed by atoms with Crippen LogP contribution < -0.4 is 14.4 Å². The van der Waals surface area contributed by atoms with Crippen LogP contribution in [-0.4, -0.2) is 18.1 Å². The highest BCUT2D eigenvalue weighted by atomic mass is 19.4. The Balaban J connectivity index is 1.77. The Morgan fingerprint density at radius 2 is 1.32 bits per heavy atom. The van der Waals surface area contributed by atoms with Crippen LogP contribution in [-0.2, 0) is 18.9 Å². The van der Waals surface area contributed by atoms with Gasteiger partial charge in [0.2, 0.25) is 0 Å². The van der Waals surface area contributed by atoms with Crippen molar-refractivity contribution in [3.05, 3.63) is 119 Å². The Morgan fingerprint density at radius 1 is 0.682 bits per heavy atom. The van der Waals surface area contributed by atoms with Crippen molar-refractivity contribution in [1.29, 1.82) is 0 Å². The molecule has 0 saturated heterocycles. The third-order valence-corrected chi connectivity index (χ3v) is 6.32. The molecule has 0 bridgehead atoms. The number of hydrogen-bond acceptors (Lipinski definition) is 4. The van der Waals surface area contributed by atoms with Crippen molar-refractivity contribution in [3.63, 3.8) is 0 Å². The lowest BCUT2D eigenvalue weighted by Gasteiger charge is -2.35. The number of aliphatic hydroxyl groups excluding tert-OH is 1. The van der Waals surface area contributed by atoms with E-state index in [2.05, 4.69) is 4.74 Å². The first-order chi connectivity index (χ1) is 20.5. The third-order valence-electron chi connectivity index (χ3n) is 6.32. The molecule has 4 nitrogen and oxygen atoms in total. The van der Waals surface area contributed by atoms with Gasteiger partial charge < -0.3 is 19.5 Å². The van der Waals surface area contributed by atoms with Gasteiger partial charge in [-0.05, 0) is 48.0 Å². The summed E-state index contributed by atoms with van der Waals surface area (Å²) in [6.07, 6.45) is -14.7. The summed E-state index contributed by atoms with van der Waals surface area (Å²) in [6.45, 7) is -1.53. The average molecular weight is 633 g/mol. The van der Waals surface area contributed by atoms with E-state index in [4.69, 9.17) is 4.74 Å². The standard InChI is InChI=1S/C30H21F10NO3/c31-26-13-19(28(32,33)34)12-11-18(26)16-41(27(17-42)24-9-1-2-10-25(24)29(35,36)37)20-5-3-6-21(14-20)43-22-7-4-8-23(15-22)44-30(38,39)40/h1-15,27,42H,16-17H2. The number of benzene rings is 4. The molecule has 234 valence electrons. The van der Waals surface area contributed by atoms with Crippen molar-refractivity contribution in [1.82, 2.24) is 0 Å². The second-order valence-corrected chi connectivity index (χ2v) is 9.34. The lowest BCUT2D eigenvalue weighted by molar-refractivity contribution is -0.274. The summed E-state index contributed by atoms with van der Waals surface area (Å²) >= 11 is 0. The van der Waals surface area contributed by atoms with Gasteiger partial charge in [0.1, 0.15) is 23.1 Å². The van der Waals surface area contributed by atoms with Crippen LogP contribution in [0.15, 0.2) is 91.0 Å². The highest BCUT2D eigenvalue weighted by molar-refractivity contribution is 5.55. The Kier molecular flexibility index (Phi) is 9.33. The molecule has 0 aliphatic carbocycles. The average Bonchev–Trinajstić information content (AvgIpc) is 2.92. The fourth-order valence-corrected chi connectivity index (χ4v) is 4.42. The molecule has 0 aliphatic heterocycles. The van der Waals surface area contributed by atoms with Gasteiger partial charge in [0.15, 0.2) is 0 Å². The first kappa shape index (κ1) is 32.5. The summed E-state index contributed by atoms with van der Waals surface area (Å²) in [6, 6.07) is 14.4. The maximum atomic E-state index is 14.9. The smallest absolute Gasteiger partial charge is 0.457 e. The van der Waals surface area contributed by atoms with Gasteiger partial charge in [-0.1, -0.05) is 36.4 Å². The van der Waals surface area contributed by atoms with Crippen LogP contribution in [0.2, 0.25) is 0 Å². The molecule has 1 unspecified atom stereocenters. The quantitative estimate of drug-likeness (QED) is 0.187. The number of aliphatic hydroxyl groups is 1.